The van der Waals surface area contributed by atoms with Gasteiger partial charge >= 0.3 is 0 Å². The maximum Gasteiger partial charge on any atom is 0.226 e. The minimum absolute atomic E-state index is 0.274. The fourth-order valence-corrected chi connectivity index (χ4v) is 2.96. The van der Waals surface area contributed by atoms with Crippen LogP contribution in [0.4, 0.5) is 8.78 Å². The molecule has 118 valence electrons. The molecule has 22 heavy (non-hydrogen) atoms. The largest absolute Gasteiger partial charge is 0.441 e. The van der Waals surface area contributed by atoms with Gasteiger partial charge in [-0.3, -0.25) is 4.90 Å². The number of halogens is 2. The third kappa shape index (κ3) is 3.19. The van der Waals surface area contributed by atoms with Gasteiger partial charge in [0.1, 0.15) is 17.4 Å². The zero-order valence-electron chi connectivity index (χ0n) is 12.9. The zero-order valence-corrected chi connectivity index (χ0v) is 12.9. The van der Waals surface area contributed by atoms with Gasteiger partial charge in [0, 0.05) is 24.2 Å². The lowest BCUT2D eigenvalue weighted by molar-refractivity contribution is 0.150. The van der Waals surface area contributed by atoms with E-state index < -0.39 is 11.6 Å². The van der Waals surface area contributed by atoms with Gasteiger partial charge in [0.15, 0.2) is 0 Å². The van der Waals surface area contributed by atoms with Crippen molar-refractivity contribution in [2.45, 2.75) is 45.7 Å². The average molecular weight is 306 g/mol. The van der Waals surface area contributed by atoms with Gasteiger partial charge in [0.05, 0.1) is 5.69 Å². The first-order chi connectivity index (χ1) is 10.5. The van der Waals surface area contributed by atoms with Gasteiger partial charge in [-0.15, -0.1) is 0 Å². The van der Waals surface area contributed by atoms with Crippen LogP contribution in [-0.2, 0) is 6.54 Å². The molecule has 0 bridgehead atoms. The molecule has 0 aliphatic carbocycles. The molecule has 5 heteroatoms. The van der Waals surface area contributed by atoms with E-state index in [9.17, 15) is 8.78 Å². The first-order valence-electron chi connectivity index (χ1n) is 7.70. The summed E-state index contributed by atoms with van der Waals surface area (Å²) in [6, 6.07) is 3.85. The third-order valence-corrected chi connectivity index (χ3v) is 4.30. The number of piperidine rings is 1. The Hall–Kier alpha value is -1.75. The molecule has 3 rings (SSSR count). The number of aryl methyl sites for hydroxylation is 1. The van der Waals surface area contributed by atoms with E-state index >= 15 is 0 Å². The lowest BCUT2D eigenvalue weighted by Gasteiger charge is -2.32. The van der Waals surface area contributed by atoms with Crippen LogP contribution in [0.15, 0.2) is 22.6 Å². The molecule has 0 N–H and O–H groups in total. The van der Waals surface area contributed by atoms with Gasteiger partial charge in [-0.05, 0) is 45.4 Å². The Morgan fingerprint density at radius 2 is 1.95 bits per heavy atom. The Morgan fingerprint density at radius 3 is 2.64 bits per heavy atom. The maximum absolute atomic E-state index is 13.3. The van der Waals surface area contributed by atoms with Gasteiger partial charge in [-0.25, -0.2) is 13.8 Å². The molecular formula is C17H20F2N2O. The Kier molecular flexibility index (Phi) is 4.25. The van der Waals surface area contributed by atoms with Crippen LogP contribution in [0.1, 0.15) is 37.6 Å². The van der Waals surface area contributed by atoms with E-state index in [2.05, 4.69) is 16.8 Å². The summed E-state index contributed by atoms with van der Waals surface area (Å²) in [6.45, 7) is 5.83. The maximum atomic E-state index is 13.3. The van der Waals surface area contributed by atoms with Crippen molar-refractivity contribution in [3.05, 3.63) is 41.3 Å². The molecular weight excluding hydrogens is 286 g/mol. The zero-order chi connectivity index (χ0) is 15.7. The Morgan fingerprint density at radius 1 is 1.23 bits per heavy atom. The molecule has 0 spiro atoms. The standard InChI is InChI=1S/C17H20F2N2O/c1-11-5-3-4-6-21(11)10-16-12(2)22-17(20-16)13-7-14(18)9-15(19)8-13/h7-9,11H,3-6,10H2,1-2H3/t11-/m1/s1. The normalized spacial score (nSPS) is 19.5. The second-order valence-electron chi connectivity index (χ2n) is 6.00. The SMILES string of the molecule is Cc1oc(-c2cc(F)cc(F)c2)nc1CN1CCCC[C@H]1C. The van der Waals surface area contributed by atoms with Crippen LogP contribution in [0, 0.1) is 18.6 Å². The lowest BCUT2D eigenvalue weighted by Crippen LogP contribution is -2.37. The van der Waals surface area contributed by atoms with E-state index in [0.717, 1.165) is 18.3 Å². The van der Waals surface area contributed by atoms with Crippen LogP contribution in [0.25, 0.3) is 11.5 Å². The summed E-state index contributed by atoms with van der Waals surface area (Å²) < 4.78 is 32.3. The molecule has 1 aromatic heterocycles. The molecule has 0 radical (unpaired) electrons. The molecule has 3 nitrogen and oxygen atoms in total. The summed E-state index contributed by atoms with van der Waals surface area (Å²) >= 11 is 0. The molecule has 0 unspecified atom stereocenters. The van der Waals surface area contributed by atoms with Gasteiger partial charge in [0.2, 0.25) is 5.89 Å². The number of likely N-dealkylation sites (tertiary alicyclic amines) is 1. The molecule has 1 fully saturated rings. The van der Waals surface area contributed by atoms with Crippen LogP contribution in [0.2, 0.25) is 0 Å². The van der Waals surface area contributed by atoms with Crippen molar-refractivity contribution in [1.29, 1.82) is 0 Å². The third-order valence-electron chi connectivity index (χ3n) is 4.30. The summed E-state index contributed by atoms with van der Waals surface area (Å²) in [7, 11) is 0. The van der Waals surface area contributed by atoms with Gasteiger partial charge in [-0.1, -0.05) is 6.42 Å². The van der Waals surface area contributed by atoms with E-state index in [1.54, 1.807) is 0 Å². The number of nitrogens with zero attached hydrogens (tertiary/aromatic N) is 2. The number of hydrogen-bond acceptors (Lipinski definition) is 3. The molecule has 2 aromatic rings. The van der Waals surface area contributed by atoms with Crippen molar-refractivity contribution in [3.63, 3.8) is 0 Å². The Bertz CT molecular complexity index is 648. The van der Waals surface area contributed by atoms with Crippen molar-refractivity contribution in [3.8, 4) is 11.5 Å². The fraction of sp³-hybridized carbons (Fsp3) is 0.471. The first-order valence-corrected chi connectivity index (χ1v) is 7.70. The minimum atomic E-state index is -0.628. The predicted octanol–water partition coefficient (Wildman–Crippen LogP) is 4.30. The smallest absolute Gasteiger partial charge is 0.226 e. The second-order valence-corrected chi connectivity index (χ2v) is 6.00. The molecule has 0 amide bonds. The molecule has 1 aromatic carbocycles. The van der Waals surface area contributed by atoms with E-state index in [1.807, 2.05) is 6.92 Å². The summed E-state index contributed by atoms with van der Waals surface area (Å²) in [5, 5.41) is 0. The van der Waals surface area contributed by atoms with Gasteiger partial charge in [0.25, 0.3) is 0 Å². The van der Waals surface area contributed by atoms with E-state index in [4.69, 9.17) is 4.42 Å². The molecule has 1 saturated heterocycles. The van der Waals surface area contributed by atoms with Crippen molar-refractivity contribution in [2.75, 3.05) is 6.54 Å². The summed E-state index contributed by atoms with van der Waals surface area (Å²) in [5.41, 5.74) is 1.17. The van der Waals surface area contributed by atoms with Crippen molar-refractivity contribution >= 4 is 0 Å². The Labute approximate surface area is 129 Å². The highest BCUT2D eigenvalue weighted by atomic mass is 19.1. The number of rotatable bonds is 3. The monoisotopic (exact) mass is 306 g/mol. The number of oxazole rings is 1. The van der Waals surface area contributed by atoms with E-state index in [0.29, 0.717) is 23.9 Å². The summed E-state index contributed by atoms with van der Waals surface area (Å²) in [4.78, 5) is 6.83. The van der Waals surface area contributed by atoms with Gasteiger partial charge < -0.3 is 4.42 Å². The number of benzene rings is 1. The van der Waals surface area contributed by atoms with Crippen LogP contribution < -0.4 is 0 Å². The number of hydrogen-bond donors (Lipinski definition) is 0. The highest BCUT2D eigenvalue weighted by molar-refractivity contribution is 5.53. The molecule has 0 saturated carbocycles. The van der Waals surface area contributed by atoms with E-state index in [-0.39, 0.29) is 5.89 Å². The highest BCUT2D eigenvalue weighted by Crippen LogP contribution is 2.26. The Balaban J connectivity index is 1.84. The van der Waals surface area contributed by atoms with Crippen molar-refractivity contribution in [2.24, 2.45) is 0 Å². The van der Waals surface area contributed by atoms with Crippen molar-refractivity contribution in [1.82, 2.24) is 9.88 Å². The van der Waals surface area contributed by atoms with Crippen LogP contribution in [0.3, 0.4) is 0 Å². The van der Waals surface area contributed by atoms with Crippen LogP contribution in [-0.4, -0.2) is 22.5 Å². The minimum Gasteiger partial charge on any atom is -0.441 e. The van der Waals surface area contributed by atoms with E-state index in [1.165, 1.54) is 31.4 Å². The topological polar surface area (TPSA) is 29.3 Å². The second kappa shape index (κ2) is 6.16. The quantitative estimate of drug-likeness (QED) is 0.846. The summed E-state index contributed by atoms with van der Waals surface area (Å²) in [5.74, 6) is -0.276. The molecule has 2 heterocycles. The highest BCUT2D eigenvalue weighted by Gasteiger charge is 2.21. The number of aromatic nitrogens is 1. The fourth-order valence-electron chi connectivity index (χ4n) is 2.96. The van der Waals surface area contributed by atoms with Crippen LogP contribution >= 0.6 is 0 Å². The first kappa shape index (κ1) is 15.2. The van der Waals surface area contributed by atoms with Crippen LogP contribution in [0.5, 0.6) is 0 Å². The predicted molar refractivity (Wildman–Crippen MR) is 80.3 cm³/mol. The van der Waals surface area contributed by atoms with Crippen molar-refractivity contribution < 1.29 is 13.2 Å². The molecule has 1 atom stereocenters. The summed E-state index contributed by atoms with van der Waals surface area (Å²) in [6.07, 6.45) is 3.66. The lowest BCUT2D eigenvalue weighted by atomic mass is 10.0. The average Bonchev–Trinajstić information content (AvgIpc) is 2.82. The molecule has 1 aliphatic rings. The molecule has 1 aliphatic heterocycles. The van der Waals surface area contributed by atoms with Gasteiger partial charge in [-0.2, -0.15) is 0 Å².